The van der Waals surface area contributed by atoms with Crippen LogP contribution < -0.4 is 15.0 Å². The molecule has 1 fully saturated rings. The molecule has 1 aliphatic heterocycles. The number of piperidine rings is 1. The van der Waals surface area contributed by atoms with Gasteiger partial charge in [-0.3, -0.25) is 4.79 Å². The van der Waals surface area contributed by atoms with E-state index in [-0.39, 0.29) is 12.5 Å². The molecule has 0 bridgehead atoms. The number of hydrogen-bond donors (Lipinski definition) is 1. The summed E-state index contributed by atoms with van der Waals surface area (Å²) in [5.74, 6) is 1.37. The molecule has 9 heteroatoms. The number of ether oxygens (including phenoxy) is 1. The van der Waals surface area contributed by atoms with Gasteiger partial charge in [-0.05, 0) is 52.9 Å². The number of carbonyl (C=O) groups is 1. The van der Waals surface area contributed by atoms with Crippen molar-refractivity contribution in [3.63, 3.8) is 0 Å². The number of aromatic nitrogens is 4. The van der Waals surface area contributed by atoms with E-state index in [0.717, 1.165) is 37.2 Å². The summed E-state index contributed by atoms with van der Waals surface area (Å²) in [7, 11) is 4.25. The SMILES string of the molecule is Cc1ccc(OCC(=O)Nc2cnc3nc(N4CCC(N(C)C)CC4)nc(C)c3n2)cc1. The van der Waals surface area contributed by atoms with Crippen molar-refractivity contribution in [2.45, 2.75) is 32.7 Å². The number of anilines is 2. The molecule has 0 unspecified atom stereocenters. The molecule has 1 aliphatic rings. The number of hydrogen-bond acceptors (Lipinski definition) is 8. The predicted molar refractivity (Wildman–Crippen MR) is 124 cm³/mol. The van der Waals surface area contributed by atoms with Crippen LogP contribution in [0.2, 0.25) is 0 Å². The monoisotopic (exact) mass is 435 g/mol. The lowest BCUT2D eigenvalue weighted by atomic mass is 10.0. The number of carbonyl (C=O) groups excluding carboxylic acids is 1. The highest BCUT2D eigenvalue weighted by atomic mass is 16.5. The van der Waals surface area contributed by atoms with Crippen molar-refractivity contribution in [1.29, 1.82) is 0 Å². The van der Waals surface area contributed by atoms with Gasteiger partial charge in [-0.25, -0.2) is 15.0 Å². The topological polar surface area (TPSA) is 96.4 Å². The number of aryl methyl sites for hydroxylation is 2. The first-order valence-corrected chi connectivity index (χ1v) is 10.8. The number of benzene rings is 1. The number of nitrogens with one attached hydrogen (secondary N) is 1. The molecule has 32 heavy (non-hydrogen) atoms. The van der Waals surface area contributed by atoms with Crippen LogP contribution in [0.5, 0.6) is 5.75 Å². The molecule has 1 amide bonds. The standard InChI is InChI=1S/C23H29N7O2/c1-15-5-7-18(8-6-15)32-14-20(31)26-19-13-24-22-21(27-19)16(2)25-23(28-22)30-11-9-17(10-12-30)29(3)4/h5-8,13,17H,9-12,14H2,1-4H3,(H,26,27,31). The van der Waals surface area contributed by atoms with Crippen LogP contribution >= 0.6 is 0 Å². The Morgan fingerprint density at radius 1 is 1.12 bits per heavy atom. The normalized spacial score (nSPS) is 14.7. The van der Waals surface area contributed by atoms with Gasteiger partial charge in [0.1, 0.15) is 11.3 Å². The molecule has 1 saturated heterocycles. The third-order valence-electron chi connectivity index (χ3n) is 5.71. The molecule has 0 atom stereocenters. The minimum absolute atomic E-state index is 0.111. The van der Waals surface area contributed by atoms with Gasteiger partial charge in [0.05, 0.1) is 11.9 Å². The van der Waals surface area contributed by atoms with Crippen molar-refractivity contribution in [2.75, 3.05) is 44.0 Å². The largest absolute Gasteiger partial charge is 0.484 e. The van der Waals surface area contributed by atoms with E-state index in [0.29, 0.717) is 34.7 Å². The maximum Gasteiger partial charge on any atom is 0.263 e. The number of fused-ring (bicyclic) bond motifs is 1. The van der Waals surface area contributed by atoms with Crippen molar-refractivity contribution >= 4 is 28.8 Å². The molecule has 0 radical (unpaired) electrons. The van der Waals surface area contributed by atoms with Crippen LogP contribution in [0.3, 0.4) is 0 Å². The summed E-state index contributed by atoms with van der Waals surface area (Å²) in [6.45, 7) is 5.60. The first-order chi connectivity index (χ1) is 15.4. The minimum atomic E-state index is -0.307. The molecule has 0 aliphatic carbocycles. The van der Waals surface area contributed by atoms with Crippen molar-refractivity contribution in [3.8, 4) is 5.75 Å². The van der Waals surface area contributed by atoms with Gasteiger partial charge in [0.2, 0.25) is 5.95 Å². The van der Waals surface area contributed by atoms with Crippen LogP contribution in [-0.4, -0.2) is 70.6 Å². The maximum atomic E-state index is 12.3. The third kappa shape index (κ3) is 5.11. The van der Waals surface area contributed by atoms with Gasteiger partial charge in [0.15, 0.2) is 18.1 Å². The van der Waals surface area contributed by atoms with Gasteiger partial charge in [-0.2, -0.15) is 4.98 Å². The average Bonchev–Trinajstić information content (AvgIpc) is 2.79. The maximum absolute atomic E-state index is 12.3. The molecule has 9 nitrogen and oxygen atoms in total. The van der Waals surface area contributed by atoms with E-state index in [1.165, 1.54) is 6.20 Å². The Morgan fingerprint density at radius 2 is 1.84 bits per heavy atom. The molecule has 4 rings (SSSR count). The first-order valence-electron chi connectivity index (χ1n) is 10.8. The quantitative estimate of drug-likeness (QED) is 0.631. The number of amides is 1. The van der Waals surface area contributed by atoms with Crippen LogP contribution in [-0.2, 0) is 4.79 Å². The molecule has 168 valence electrons. The Bertz CT molecular complexity index is 1090. The van der Waals surface area contributed by atoms with Crippen molar-refractivity contribution in [1.82, 2.24) is 24.8 Å². The van der Waals surface area contributed by atoms with E-state index in [1.54, 1.807) is 0 Å². The van der Waals surface area contributed by atoms with Gasteiger partial charge in [-0.1, -0.05) is 17.7 Å². The summed E-state index contributed by atoms with van der Waals surface area (Å²) in [4.78, 5) is 34.9. The second-order valence-electron chi connectivity index (χ2n) is 8.37. The Morgan fingerprint density at radius 3 is 2.53 bits per heavy atom. The number of rotatable bonds is 6. The van der Waals surface area contributed by atoms with Gasteiger partial charge in [0, 0.05) is 19.1 Å². The van der Waals surface area contributed by atoms with E-state index in [9.17, 15) is 4.79 Å². The summed E-state index contributed by atoms with van der Waals surface area (Å²) in [6.07, 6.45) is 3.67. The molecule has 3 heterocycles. The van der Waals surface area contributed by atoms with E-state index < -0.39 is 0 Å². The highest BCUT2D eigenvalue weighted by molar-refractivity contribution is 5.91. The zero-order valence-electron chi connectivity index (χ0n) is 19.0. The fourth-order valence-electron chi connectivity index (χ4n) is 3.78. The van der Waals surface area contributed by atoms with Gasteiger partial charge in [0.25, 0.3) is 5.91 Å². The summed E-state index contributed by atoms with van der Waals surface area (Å²) >= 11 is 0. The molecule has 3 aromatic rings. The lowest BCUT2D eigenvalue weighted by Crippen LogP contribution is -2.42. The molecule has 1 aromatic carbocycles. The van der Waals surface area contributed by atoms with Crippen molar-refractivity contribution in [2.24, 2.45) is 0 Å². The van der Waals surface area contributed by atoms with Gasteiger partial charge < -0.3 is 19.9 Å². The zero-order chi connectivity index (χ0) is 22.7. The zero-order valence-corrected chi connectivity index (χ0v) is 19.0. The van der Waals surface area contributed by atoms with Crippen molar-refractivity contribution in [3.05, 3.63) is 41.7 Å². The average molecular weight is 436 g/mol. The highest BCUT2D eigenvalue weighted by Gasteiger charge is 2.23. The summed E-state index contributed by atoms with van der Waals surface area (Å²) < 4.78 is 5.52. The first kappa shape index (κ1) is 21.9. The summed E-state index contributed by atoms with van der Waals surface area (Å²) in [5.41, 5.74) is 2.97. The molecular weight excluding hydrogens is 406 g/mol. The lowest BCUT2D eigenvalue weighted by molar-refractivity contribution is -0.118. The van der Waals surface area contributed by atoms with Gasteiger partial charge >= 0.3 is 0 Å². The minimum Gasteiger partial charge on any atom is -0.484 e. The van der Waals surface area contributed by atoms with E-state index >= 15 is 0 Å². The van der Waals surface area contributed by atoms with E-state index in [1.807, 2.05) is 38.1 Å². The predicted octanol–water partition coefficient (Wildman–Crippen LogP) is 2.58. The second kappa shape index (κ2) is 9.44. The molecule has 1 N–H and O–H groups in total. The summed E-state index contributed by atoms with van der Waals surface area (Å²) in [5, 5.41) is 2.73. The van der Waals surface area contributed by atoms with Crippen LogP contribution in [0.4, 0.5) is 11.8 Å². The van der Waals surface area contributed by atoms with Crippen LogP contribution in [0, 0.1) is 13.8 Å². The van der Waals surface area contributed by atoms with E-state index in [4.69, 9.17) is 4.74 Å². The van der Waals surface area contributed by atoms with Crippen LogP contribution in [0.1, 0.15) is 24.1 Å². The second-order valence-corrected chi connectivity index (χ2v) is 8.37. The molecule has 0 spiro atoms. The smallest absolute Gasteiger partial charge is 0.263 e. The lowest BCUT2D eigenvalue weighted by Gasteiger charge is -2.35. The highest BCUT2D eigenvalue weighted by Crippen LogP contribution is 2.22. The van der Waals surface area contributed by atoms with Crippen LogP contribution in [0.15, 0.2) is 30.5 Å². The number of nitrogens with zero attached hydrogens (tertiary/aromatic N) is 6. The summed E-state index contributed by atoms with van der Waals surface area (Å²) in [6, 6.07) is 8.13. The fraction of sp³-hybridized carbons (Fsp3) is 0.435. The Kier molecular flexibility index (Phi) is 6.45. The Balaban J connectivity index is 1.41. The van der Waals surface area contributed by atoms with Gasteiger partial charge in [-0.15, -0.1) is 0 Å². The van der Waals surface area contributed by atoms with Crippen LogP contribution in [0.25, 0.3) is 11.2 Å². The molecular formula is C23H29N7O2. The van der Waals surface area contributed by atoms with Crippen molar-refractivity contribution < 1.29 is 9.53 Å². The third-order valence-corrected chi connectivity index (χ3v) is 5.71. The Labute approximate surface area is 187 Å². The molecule has 2 aromatic heterocycles. The Hall–Kier alpha value is -3.33. The fourth-order valence-corrected chi connectivity index (χ4v) is 3.78. The van der Waals surface area contributed by atoms with E-state index in [2.05, 4.69) is 49.1 Å². The molecule has 0 saturated carbocycles.